The van der Waals surface area contributed by atoms with Gasteiger partial charge in [-0.05, 0) is 32.7 Å². The third-order valence-electron chi connectivity index (χ3n) is 3.92. The summed E-state index contributed by atoms with van der Waals surface area (Å²) in [4.78, 5) is 2.26. The summed E-state index contributed by atoms with van der Waals surface area (Å²) in [5, 5.41) is 18.2. The van der Waals surface area contributed by atoms with Gasteiger partial charge >= 0.3 is 0 Å². The van der Waals surface area contributed by atoms with Crippen molar-refractivity contribution in [3.63, 3.8) is 0 Å². The van der Waals surface area contributed by atoms with Crippen molar-refractivity contribution < 1.29 is 5.11 Å². The second-order valence-corrected chi connectivity index (χ2v) is 6.70. The van der Waals surface area contributed by atoms with E-state index in [0.717, 1.165) is 37.6 Å². The molecule has 0 radical (unpaired) electrons. The Labute approximate surface area is 122 Å². The monoisotopic (exact) mass is 280 g/mol. The highest BCUT2D eigenvalue weighted by molar-refractivity contribution is 5.51. The Kier molecular flexibility index (Phi) is 4.39. The van der Waals surface area contributed by atoms with Crippen LogP contribution in [-0.2, 0) is 13.6 Å². The lowest BCUT2D eigenvalue weighted by molar-refractivity contribution is 0.0838. The van der Waals surface area contributed by atoms with E-state index >= 15 is 0 Å². The van der Waals surface area contributed by atoms with E-state index in [4.69, 9.17) is 0 Å². The molecule has 1 aromatic rings. The van der Waals surface area contributed by atoms with Gasteiger partial charge in [0.15, 0.2) is 0 Å². The lowest BCUT2D eigenvalue weighted by Crippen LogP contribution is -2.31. The number of nitrogens with one attached hydrogen (secondary N) is 1. The fraction of sp³-hybridized carbons (Fsp3) is 0.800. The maximum Gasteiger partial charge on any atom is 0.131 e. The van der Waals surface area contributed by atoms with Crippen LogP contribution in [0.3, 0.4) is 0 Å². The highest BCUT2D eigenvalue weighted by Gasteiger charge is 2.34. The summed E-state index contributed by atoms with van der Waals surface area (Å²) in [5.41, 5.74) is 1.75. The highest BCUT2D eigenvalue weighted by Crippen LogP contribution is 2.30. The fourth-order valence-electron chi connectivity index (χ4n) is 2.90. The van der Waals surface area contributed by atoms with Crippen LogP contribution < -0.4 is 10.2 Å². The number of hydrogen-bond donors (Lipinski definition) is 2. The maximum absolute atomic E-state index is 10.2. The normalized spacial score (nSPS) is 23.1. The highest BCUT2D eigenvalue weighted by atomic mass is 16.3. The molecule has 0 spiro atoms. The molecule has 5 nitrogen and oxygen atoms in total. The van der Waals surface area contributed by atoms with Crippen LogP contribution in [0.5, 0.6) is 0 Å². The van der Waals surface area contributed by atoms with Gasteiger partial charge in [-0.15, -0.1) is 0 Å². The van der Waals surface area contributed by atoms with E-state index in [1.54, 1.807) is 0 Å². The minimum Gasteiger partial charge on any atom is -0.388 e. The number of nitrogens with zero attached hydrogens (tertiary/aromatic N) is 3. The first-order valence-electron chi connectivity index (χ1n) is 7.50. The molecule has 114 valence electrons. The average molecular weight is 280 g/mol. The number of hydrogen-bond acceptors (Lipinski definition) is 4. The molecule has 1 atom stereocenters. The average Bonchev–Trinajstić information content (AvgIpc) is 2.79. The molecule has 2 rings (SSSR count). The van der Waals surface area contributed by atoms with Gasteiger partial charge in [0.2, 0.25) is 0 Å². The Balaban J connectivity index is 2.15. The van der Waals surface area contributed by atoms with E-state index in [9.17, 15) is 5.11 Å². The smallest absolute Gasteiger partial charge is 0.131 e. The topological polar surface area (TPSA) is 53.3 Å². The summed E-state index contributed by atoms with van der Waals surface area (Å²) in [6.07, 6.45) is 0.816. The van der Waals surface area contributed by atoms with Crippen molar-refractivity contribution in [1.82, 2.24) is 15.1 Å². The minimum atomic E-state index is -0.583. The Morgan fingerprint density at radius 2 is 2.15 bits per heavy atom. The maximum atomic E-state index is 10.2. The molecular weight excluding hydrogens is 252 g/mol. The predicted octanol–water partition coefficient (Wildman–Crippen LogP) is 1.44. The van der Waals surface area contributed by atoms with Gasteiger partial charge in [-0.25, -0.2) is 0 Å². The summed E-state index contributed by atoms with van der Waals surface area (Å²) in [6.45, 7) is 11.8. The third-order valence-corrected chi connectivity index (χ3v) is 3.92. The summed E-state index contributed by atoms with van der Waals surface area (Å²) < 4.78 is 1.95. The van der Waals surface area contributed by atoms with Crippen LogP contribution in [0.1, 0.15) is 38.4 Å². The molecule has 20 heavy (non-hydrogen) atoms. The molecule has 0 aromatic carbocycles. The van der Waals surface area contributed by atoms with Gasteiger partial charge in [0.05, 0.1) is 11.3 Å². The molecule has 0 aliphatic carbocycles. The Morgan fingerprint density at radius 1 is 1.45 bits per heavy atom. The molecule has 0 bridgehead atoms. The Bertz CT molecular complexity index is 465. The fourth-order valence-corrected chi connectivity index (χ4v) is 2.90. The lowest BCUT2D eigenvalue weighted by atomic mass is 10.1. The number of β-amino-alcohol motifs (C(OH)–C–C–N with tert-alkyl or cyclic N) is 1. The summed E-state index contributed by atoms with van der Waals surface area (Å²) in [6, 6.07) is 0. The molecular formula is C15H28N4O. The molecule has 2 heterocycles. The van der Waals surface area contributed by atoms with E-state index in [0.29, 0.717) is 12.5 Å². The molecule has 1 aromatic heterocycles. The van der Waals surface area contributed by atoms with Gasteiger partial charge in [0.1, 0.15) is 5.82 Å². The van der Waals surface area contributed by atoms with Gasteiger partial charge < -0.3 is 15.3 Å². The van der Waals surface area contributed by atoms with Crippen LogP contribution in [-0.4, -0.2) is 40.1 Å². The Hall–Kier alpha value is -1.07. The van der Waals surface area contributed by atoms with Crippen molar-refractivity contribution in [1.29, 1.82) is 0 Å². The summed E-state index contributed by atoms with van der Waals surface area (Å²) >= 11 is 0. The Morgan fingerprint density at radius 3 is 2.70 bits per heavy atom. The first-order valence-corrected chi connectivity index (χ1v) is 7.50. The second kappa shape index (κ2) is 5.74. The SMILES string of the molecule is Cc1nn(C)c(N2CCC(C)(O)C2)c1CNCC(C)C. The molecule has 0 saturated carbocycles. The van der Waals surface area contributed by atoms with Crippen molar-refractivity contribution in [2.75, 3.05) is 24.5 Å². The van der Waals surface area contributed by atoms with Crippen LogP contribution in [0, 0.1) is 12.8 Å². The van der Waals surface area contributed by atoms with Gasteiger partial charge in [0, 0.05) is 32.2 Å². The molecule has 0 amide bonds. The largest absolute Gasteiger partial charge is 0.388 e. The van der Waals surface area contributed by atoms with E-state index in [1.807, 2.05) is 18.7 Å². The number of rotatable bonds is 5. The lowest BCUT2D eigenvalue weighted by Gasteiger charge is -2.22. The van der Waals surface area contributed by atoms with Crippen molar-refractivity contribution >= 4 is 5.82 Å². The van der Waals surface area contributed by atoms with Crippen molar-refractivity contribution in [3.05, 3.63) is 11.3 Å². The van der Waals surface area contributed by atoms with Gasteiger partial charge in [-0.1, -0.05) is 13.8 Å². The van der Waals surface area contributed by atoms with Crippen LogP contribution in [0.15, 0.2) is 0 Å². The predicted molar refractivity (Wildman–Crippen MR) is 81.9 cm³/mol. The van der Waals surface area contributed by atoms with Crippen molar-refractivity contribution in [2.24, 2.45) is 13.0 Å². The van der Waals surface area contributed by atoms with E-state index < -0.39 is 5.60 Å². The molecule has 2 N–H and O–H groups in total. The first kappa shape index (κ1) is 15.3. The van der Waals surface area contributed by atoms with Crippen LogP contribution >= 0.6 is 0 Å². The molecule has 1 unspecified atom stereocenters. The zero-order chi connectivity index (χ0) is 14.9. The van der Waals surface area contributed by atoms with Gasteiger partial charge in [-0.3, -0.25) is 4.68 Å². The summed E-state index contributed by atoms with van der Waals surface area (Å²) in [7, 11) is 1.99. The third kappa shape index (κ3) is 3.33. The zero-order valence-corrected chi connectivity index (χ0v) is 13.4. The number of aryl methyl sites for hydroxylation is 2. The molecule has 5 heteroatoms. The number of anilines is 1. The standard InChI is InChI=1S/C15H28N4O/c1-11(2)8-16-9-13-12(3)17-18(5)14(13)19-7-6-15(4,20)10-19/h11,16,20H,6-10H2,1-5H3. The quantitative estimate of drug-likeness (QED) is 0.857. The van der Waals surface area contributed by atoms with Crippen LogP contribution in [0.2, 0.25) is 0 Å². The van der Waals surface area contributed by atoms with Crippen LogP contribution in [0.25, 0.3) is 0 Å². The van der Waals surface area contributed by atoms with Crippen LogP contribution in [0.4, 0.5) is 5.82 Å². The zero-order valence-electron chi connectivity index (χ0n) is 13.4. The molecule has 1 aliphatic heterocycles. The van der Waals surface area contributed by atoms with E-state index in [1.165, 1.54) is 5.56 Å². The van der Waals surface area contributed by atoms with Gasteiger partial charge in [0.25, 0.3) is 0 Å². The number of aliphatic hydroxyl groups is 1. The van der Waals surface area contributed by atoms with E-state index in [-0.39, 0.29) is 0 Å². The summed E-state index contributed by atoms with van der Waals surface area (Å²) in [5.74, 6) is 1.79. The number of aromatic nitrogens is 2. The van der Waals surface area contributed by atoms with E-state index in [2.05, 4.69) is 36.1 Å². The van der Waals surface area contributed by atoms with Crippen molar-refractivity contribution in [3.8, 4) is 0 Å². The molecule has 1 aliphatic rings. The first-order chi connectivity index (χ1) is 9.30. The second-order valence-electron chi connectivity index (χ2n) is 6.70. The van der Waals surface area contributed by atoms with Gasteiger partial charge in [-0.2, -0.15) is 5.10 Å². The molecule has 1 saturated heterocycles. The minimum absolute atomic E-state index is 0.583. The molecule has 1 fully saturated rings. The van der Waals surface area contributed by atoms with Crippen molar-refractivity contribution in [2.45, 2.75) is 46.3 Å².